The number of nitrogens with one attached hydrogen (secondary N) is 1. The molecule has 2 aromatic carbocycles. The van der Waals surface area contributed by atoms with E-state index in [0.29, 0.717) is 13.0 Å². The molecule has 3 aromatic rings. The van der Waals surface area contributed by atoms with Crippen LogP contribution in [-0.4, -0.2) is 23.0 Å². The normalized spacial score (nSPS) is 18.2. The van der Waals surface area contributed by atoms with Crippen LogP contribution in [-0.2, 0) is 16.1 Å². The molecular weight excluding hydrogens is 366 g/mol. The van der Waals surface area contributed by atoms with E-state index < -0.39 is 12.2 Å². The van der Waals surface area contributed by atoms with Crippen molar-refractivity contribution < 1.29 is 14.3 Å². The molecule has 1 N–H and O–H groups in total. The van der Waals surface area contributed by atoms with E-state index in [-0.39, 0.29) is 11.9 Å². The van der Waals surface area contributed by atoms with Gasteiger partial charge >= 0.3 is 6.09 Å². The maximum Gasteiger partial charge on any atom is 0.408 e. The molecule has 1 aliphatic rings. The monoisotopic (exact) mass is 389 g/mol. The lowest BCUT2D eigenvalue weighted by atomic mass is 9.90. The van der Waals surface area contributed by atoms with Crippen LogP contribution in [0.5, 0.6) is 0 Å². The number of rotatable bonds is 3. The molecule has 1 aromatic heterocycles. The number of hydrogen-bond acceptors (Lipinski definition) is 4. The summed E-state index contributed by atoms with van der Waals surface area (Å²) in [5.41, 5.74) is 3.42. The van der Waals surface area contributed by atoms with E-state index in [1.165, 1.54) is 0 Å². The van der Waals surface area contributed by atoms with Crippen molar-refractivity contribution in [2.75, 3.05) is 4.90 Å². The maximum atomic E-state index is 12.5. The first-order chi connectivity index (χ1) is 14.0. The van der Waals surface area contributed by atoms with Crippen LogP contribution >= 0.6 is 0 Å². The lowest BCUT2D eigenvalue weighted by Crippen LogP contribution is -2.43. The quantitative estimate of drug-likeness (QED) is 0.723. The predicted octanol–water partition coefficient (Wildman–Crippen LogP) is 4.35. The Hall–Kier alpha value is -3.41. The number of carbonyl (C=O) groups is 2. The number of amides is 2. The average molecular weight is 389 g/mol. The standard InChI is InChI=1S/C23H23N3O3/c1-15-13-21(29-23(28)25-14-17-7-4-3-5-8-17)22-18-9-6-12-24-19(18)10-11-20(22)26(15)16(2)27/h3-12,15,21H,13-14H2,1-2H3,(H,25,28). The summed E-state index contributed by atoms with van der Waals surface area (Å²) < 4.78 is 5.83. The fourth-order valence-corrected chi connectivity index (χ4v) is 4.01. The van der Waals surface area contributed by atoms with Crippen molar-refractivity contribution in [2.45, 2.75) is 39.0 Å². The molecule has 6 heteroatoms. The molecule has 0 fully saturated rings. The highest BCUT2D eigenvalue weighted by Crippen LogP contribution is 2.42. The van der Waals surface area contributed by atoms with Crippen molar-refractivity contribution in [1.82, 2.24) is 10.3 Å². The summed E-state index contributed by atoms with van der Waals surface area (Å²) in [7, 11) is 0. The number of carbonyl (C=O) groups excluding carboxylic acids is 2. The first kappa shape index (κ1) is 18.9. The molecule has 2 heterocycles. The molecule has 0 radical (unpaired) electrons. The summed E-state index contributed by atoms with van der Waals surface area (Å²) in [5, 5.41) is 3.71. The third-order valence-electron chi connectivity index (χ3n) is 5.25. The second-order valence-corrected chi connectivity index (χ2v) is 7.28. The molecule has 148 valence electrons. The highest BCUT2D eigenvalue weighted by molar-refractivity contribution is 5.98. The summed E-state index contributed by atoms with van der Waals surface area (Å²) in [4.78, 5) is 31.0. The maximum absolute atomic E-state index is 12.5. The Morgan fingerprint density at radius 3 is 2.69 bits per heavy atom. The molecule has 0 spiro atoms. The van der Waals surface area contributed by atoms with Gasteiger partial charge in [0, 0.05) is 43.1 Å². The molecule has 0 saturated carbocycles. The number of nitrogens with zero attached hydrogens (tertiary/aromatic N) is 2. The smallest absolute Gasteiger partial charge is 0.408 e. The van der Waals surface area contributed by atoms with Gasteiger partial charge in [0.15, 0.2) is 0 Å². The summed E-state index contributed by atoms with van der Waals surface area (Å²) >= 11 is 0. The van der Waals surface area contributed by atoms with Crippen LogP contribution in [0.15, 0.2) is 60.8 Å². The lowest BCUT2D eigenvalue weighted by Gasteiger charge is -2.39. The van der Waals surface area contributed by atoms with Gasteiger partial charge in [-0.2, -0.15) is 0 Å². The van der Waals surface area contributed by atoms with Crippen LogP contribution in [0.25, 0.3) is 10.9 Å². The number of ether oxygens (including phenoxy) is 1. The van der Waals surface area contributed by atoms with Crippen molar-refractivity contribution in [2.24, 2.45) is 0 Å². The molecule has 2 atom stereocenters. The second-order valence-electron chi connectivity index (χ2n) is 7.28. The van der Waals surface area contributed by atoms with Crippen LogP contribution in [0.2, 0.25) is 0 Å². The molecule has 2 unspecified atom stereocenters. The lowest BCUT2D eigenvalue weighted by molar-refractivity contribution is -0.117. The predicted molar refractivity (Wildman–Crippen MR) is 111 cm³/mol. The number of aromatic nitrogens is 1. The van der Waals surface area contributed by atoms with Crippen LogP contribution in [0.1, 0.15) is 37.5 Å². The zero-order valence-electron chi connectivity index (χ0n) is 16.5. The number of alkyl carbamates (subject to hydrolysis) is 1. The van der Waals surface area contributed by atoms with E-state index in [0.717, 1.165) is 27.7 Å². The van der Waals surface area contributed by atoms with E-state index >= 15 is 0 Å². The van der Waals surface area contributed by atoms with E-state index in [9.17, 15) is 9.59 Å². The summed E-state index contributed by atoms with van der Waals surface area (Å²) in [6, 6.07) is 17.2. The van der Waals surface area contributed by atoms with Gasteiger partial charge in [-0.05, 0) is 30.7 Å². The van der Waals surface area contributed by atoms with Crippen LogP contribution in [0.3, 0.4) is 0 Å². The minimum atomic E-state index is -0.478. The highest BCUT2D eigenvalue weighted by atomic mass is 16.6. The minimum Gasteiger partial charge on any atom is -0.441 e. The molecular formula is C23H23N3O3. The molecule has 4 rings (SSSR count). The van der Waals surface area contributed by atoms with Crippen LogP contribution in [0.4, 0.5) is 10.5 Å². The summed E-state index contributed by atoms with van der Waals surface area (Å²) in [5.74, 6) is -0.0334. The van der Waals surface area contributed by atoms with Crippen molar-refractivity contribution in [1.29, 1.82) is 0 Å². The van der Waals surface area contributed by atoms with Gasteiger partial charge in [-0.25, -0.2) is 4.79 Å². The Bertz CT molecular complexity index is 1050. The van der Waals surface area contributed by atoms with Gasteiger partial charge in [0.2, 0.25) is 5.91 Å². The zero-order chi connectivity index (χ0) is 20.4. The fourth-order valence-electron chi connectivity index (χ4n) is 4.01. The van der Waals surface area contributed by atoms with Gasteiger partial charge in [0.25, 0.3) is 0 Å². The van der Waals surface area contributed by atoms with Crippen molar-refractivity contribution in [3.63, 3.8) is 0 Å². The van der Waals surface area contributed by atoms with Gasteiger partial charge < -0.3 is 15.0 Å². The zero-order valence-corrected chi connectivity index (χ0v) is 16.5. The molecule has 0 bridgehead atoms. The molecule has 1 aliphatic heterocycles. The Morgan fingerprint density at radius 2 is 1.93 bits per heavy atom. The number of hydrogen-bond donors (Lipinski definition) is 1. The van der Waals surface area contributed by atoms with Crippen LogP contribution < -0.4 is 10.2 Å². The summed E-state index contributed by atoms with van der Waals surface area (Å²) in [6.45, 7) is 3.92. The largest absolute Gasteiger partial charge is 0.441 e. The van der Waals surface area contributed by atoms with E-state index in [4.69, 9.17) is 4.74 Å². The molecule has 2 amide bonds. The molecule has 29 heavy (non-hydrogen) atoms. The number of anilines is 1. The molecule has 6 nitrogen and oxygen atoms in total. The third-order valence-corrected chi connectivity index (χ3v) is 5.25. The van der Waals surface area contributed by atoms with E-state index in [1.54, 1.807) is 18.0 Å². The summed E-state index contributed by atoms with van der Waals surface area (Å²) in [6.07, 6.45) is 1.32. The number of fused-ring (bicyclic) bond motifs is 3. The number of benzene rings is 2. The van der Waals surface area contributed by atoms with Crippen molar-refractivity contribution in [3.05, 3.63) is 71.9 Å². The highest BCUT2D eigenvalue weighted by Gasteiger charge is 2.35. The van der Waals surface area contributed by atoms with Gasteiger partial charge in [-0.3, -0.25) is 9.78 Å². The van der Waals surface area contributed by atoms with Crippen LogP contribution in [0, 0.1) is 0 Å². The van der Waals surface area contributed by atoms with Gasteiger partial charge in [-0.15, -0.1) is 0 Å². The van der Waals surface area contributed by atoms with E-state index in [2.05, 4.69) is 10.3 Å². The van der Waals surface area contributed by atoms with Crippen molar-refractivity contribution in [3.8, 4) is 0 Å². The Balaban J connectivity index is 1.64. The minimum absolute atomic E-state index is 0.0334. The molecule has 0 saturated heterocycles. The van der Waals surface area contributed by atoms with Gasteiger partial charge in [0.05, 0.1) is 11.2 Å². The number of pyridine rings is 1. The Kier molecular flexibility index (Phi) is 5.16. The fraction of sp³-hybridized carbons (Fsp3) is 0.261. The average Bonchev–Trinajstić information content (AvgIpc) is 2.72. The topological polar surface area (TPSA) is 71.5 Å². The Morgan fingerprint density at radius 1 is 1.14 bits per heavy atom. The Labute approximate surface area is 169 Å². The SMILES string of the molecule is CC(=O)N1c2ccc3ncccc3c2C(OC(=O)NCc2ccccc2)CC1C. The van der Waals surface area contributed by atoms with Gasteiger partial charge in [-0.1, -0.05) is 36.4 Å². The molecule has 0 aliphatic carbocycles. The van der Waals surface area contributed by atoms with E-state index in [1.807, 2.05) is 61.5 Å². The second kappa shape index (κ2) is 7.91. The van der Waals surface area contributed by atoms with Gasteiger partial charge in [0.1, 0.15) is 6.10 Å². The third kappa shape index (κ3) is 3.78. The first-order valence-corrected chi connectivity index (χ1v) is 9.70. The first-order valence-electron chi connectivity index (χ1n) is 9.70. The van der Waals surface area contributed by atoms with Crippen molar-refractivity contribution >= 4 is 28.6 Å².